The van der Waals surface area contributed by atoms with Crippen molar-refractivity contribution in [3.05, 3.63) is 35.9 Å². The number of benzene rings is 1. The van der Waals surface area contributed by atoms with Gasteiger partial charge in [0.15, 0.2) is 0 Å². The quantitative estimate of drug-likeness (QED) is 0.440. The molecule has 2 atom stereocenters. The van der Waals surface area contributed by atoms with Crippen LogP contribution in [-0.4, -0.2) is 64.2 Å². The second-order valence-corrected chi connectivity index (χ2v) is 7.21. The molecule has 6 heteroatoms. The molecule has 0 spiro atoms. The first-order valence-corrected chi connectivity index (χ1v) is 8.83. The Morgan fingerprint density at radius 1 is 0.840 bits per heavy atom. The molecule has 0 saturated heterocycles. The Bertz CT molecular complexity index is 498. The van der Waals surface area contributed by atoms with Gasteiger partial charge in [0.2, 0.25) is 0 Å². The predicted molar refractivity (Wildman–Crippen MR) is 92.7 cm³/mol. The SMILES string of the molecule is OCC(O)C1(CO)CC1.OCC(OCc1ccccc1)C1(CO)CC1. The highest BCUT2D eigenvalue weighted by Crippen LogP contribution is 2.49. The van der Waals surface area contributed by atoms with E-state index >= 15 is 0 Å². The van der Waals surface area contributed by atoms with Gasteiger partial charge in [0.25, 0.3) is 0 Å². The first kappa shape index (κ1) is 20.3. The van der Waals surface area contributed by atoms with Crippen LogP contribution in [0.5, 0.6) is 0 Å². The highest BCUT2D eigenvalue weighted by atomic mass is 16.5. The fourth-order valence-electron chi connectivity index (χ4n) is 2.89. The van der Waals surface area contributed by atoms with Crippen molar-refractivity contribution >= 4 is 0 Å². The summed E-state index contributed by atoms with van der Waals surface area (Å²) < 4.78 is 5.69. The lowest BCUT2D eigenvalue weighted by Gasteiger charge is -2.23. The summed E-state index contributed by atoms with van der Waals surface area (Å²) >= 11 is 0. The van der Waals surface area contributed by atoms with Gasteiger partial charge < -0.3 is 30.3 Å². The van der Waals surface area contributed by atoms with Crippen molar-refractivity contribution in [3.8, 4) is 0 Å². The van der Waals surface area contributed by atoms with Crippen molar-refractivity contribution in [2.45, 2.75) is 44.5 Å². The van der Waals surface area contributed by atoms with Crippen LogP contribution in [0.2, 0.25) is 0 Å². The standard InChI is InChI=1S/C13H18O3.C6H12O3/c14-8-12(13(10-15)6-7-13)16-9-11-4-2-1-3-5-11;7-3-5(9)6(4-8)1-2-6/h1-5,12,14-15H,6-10H2;5,7-9H,1-4H2. The molecular weight excluding hydrogens is 324 g/mol. The molecule has 25 heavy (non-hydrogen) atoms. The van der Waals surface area contributed by atoms with Gasteiger partial charge in [0.05, 0.1) is 45.2 Å². The Hall–Kier alpha value is -1.02. The summed E-state index contributed by atoms with van der Waals surface area (Å²) in [6, 6.07) is 9.88. The maximum absolute atomic E-state index is 9.27. The number of ether oxygens (including phenoxy) is 1. The normalized spacial score (nSPS) is 21.6. The molecule has 6 nitrogen and oxygen atoms in total. The van der Waals surface area contributed by atoms with E-state index in [1.165, 1.54) is 0 Å². The predicted octanol–water partition coefficient (Wildman–Crippen LogP) is 0.449. The average Bonchev–Trinajstić information content (AvgIpc) is 3.57. The van der Waals surface area contributed by atoms with Crippen LogP contribution in [0.3, 0.4) is 0 Å². The van der Waals surface area contributed by atoms with Gasteiger partial charge in [-0.15, -0.1) is 0 Å². The third kappa shape index (κ3) is 5.23. The molecule has 5 N–H and O–H groups in total. The molecule has 0 bridgehead atoms. The zero-order valence-corrected chi connectivity index (χ0v) is 14.5. The minimum atomic E-state index is -0.720. The molecule has 0 amide bonds. The molecule has 1 aromatic rings. The summed E-state index contributed by atoms with van der Waals surface area (Å²) in [5.74, 6) is 0. The molecule has 1 aromatic carbocycles. The number of hydrogen-bond acceptors (Lipinski definition) is 6. The lowest BCUT2D eigenvalue weighted by Crippen LogP contribution is -2.31. The third-order valence-electron chi connectivity index (χ3n) is 5.44. The van der Waals surface area contributed by atoms with Crippen molar-refractivity contribution in [1.29, 1.82) is 0 Å². The van der Waals surface area contributed by atoms with Crippen LogP contribution in [0.15, 0.2) is 30.3 Å². The molecule has 142 valence electrons. The van der Waals surface area contributed by atoms with Crippen molar-refractivity contribution < 1.29 is 30.3 Å². The van der Waals surface area contributed by atoms with E-state index in [0.717, 1.165) is 31.2 Å². The molecule has 2 unspecified atom stereocenters. The third-order valence-corrected chi connectivity index (χ3v) is 5.44. The minimum Gasteiger partial charge on any atom is -0.396 e. The van der Waals surface area contributed by atoms with Gasteiger partial charge in [-0.05, 0) is 31.2 Å². The Kier molecular flexibility index (Phi) is 7.37. The van der Waals surface area contributed by atoms with Crippen molar-refractivity contribution in [2.75, 3.05) is 26.4 Å². The van der Waals surface area contributed by atoms with E-state index in [1.807, 2.05) is 30.3 Å². The molecule has 0 radical (unpaired) electrons. The Balaban J connectivity index is 0.000000212. The Morgan fingerprint density at radius 2 is 1.40 bits per heavy atom. The van der Waals surface area contributed by atoms with Gasteiger partial charge >= 0.3 is 0 Å². The van der Waals surface area contributed by atoms with Crippen molar-refractivity contribution in [3.63, 3.8) is 0 Å². The zero-order chi connectivity index (χ0) is 18.3. The van der Waals surface area contributed by atoms with Crippen LogP contribution in [-0.2, 0) is 11.3 Å². The van der Waals surface area contributed by atoms with E-state index in [0.29, 0.717) is 6.61 Å². The number of aliphatic hydroxyl groups excluding tert-OH is 5. The van der Waals surface area contributed by atoms with Gasteiger partial charge in [-0.25, -0.2) is 0 Å². The minimum absolute atomic E-state index is 0.00523. The van der Waals surface area contributed by atoms with Gasteiger partial charge in [-0.3, -0.25) is 0 Å². The lowest BCUT2D eigenvalue weighted by molar-refractivity contribution is -0.0567. The van der Waals surface area contributed by atoms with E-state index < -0.39 is 6.10 Å². The second kappa shape index (κ2) is 9.07. The second-order valence-electron chi connectivity index (χ2n) is 7.21. The van der Waals surface area contributed by atoms with Crippen LogP contribution >= 0.6 is 0 Å². The molecule has 2 aliphatic carbocycles. The molecule has 2 aliphatic rings. The summed E-state index contributed by atoms with van der Waals surface area (Å²) in [5.41, 5.74) is 0.577. The average molecular weight is 354 g/mol. The van der Waals surface area contributed by atoms with E-state index in [9.17, 15) is 10.2 Å². The van der Waals surface area contributed by atoms with Crippen molar-refractivity contribution in [2.24, 2.45) is 10.8 Å². The van der Waals surface area contributed by atoms with E-state index in [4.69, 9.17) is 20.1 Å². The molecule has 0 heterocycles. The molecule has 2 fully saturated rings. The Morgan fingerprint density at radius 3 is 1.76 bits per heavy atom. The van der Waals surface area contributed by atoms with Crippen LogP contribution in [0.4, 0.5) is 0 Å². The van der Waals surface area contributed by atoms with E-state index in [2.05, 4.69) is 0 Å². The number of rotatable bonds is 9. The monoisotopic (exact) mass is 354 g/mol. The first-order valence-electron chi connectivity index (χ1n) is 8.83. The van der Waals surface area contributed by atoms with Gasteiger partial charge in [-0.1, -0.05) is 30.3 Å². The summed E-state index contributed by atoms with van der Waals surface area (Å²) in [7, 11) is 0. The molecular formula is C19H30O6. The largest absolute Gasteiger partial charge is 0.396 e. The summed E-state index contributed by atoms with van der Waals surface area (Å²) in [5, 5.41) is 44.7. The van der Waals surface area contributed by atoms with Gasteiger partial charge in [-0.2, -0.15) is 0 Å². The Labute approximate surface area is 148 Å². The molecule has 0 aliphatic heterocycles. The van der Waals surface area contributed by atoms with E-state index in [1.54, 1.807) is 0 Å². The summed E-state index contributed by atoms with van der Waals surface area (Å²) in [4.78, 5) is 0. The van der Waals surface area contributed by atoms with Gasteiger partial charge in [0, 0.05) is 10.8 Å². The smallest absolute Gasteiger partial charge is 0.0888 e. The summed E-state index contributed by atoms with van der Waals surface area (Å²) in [6.07, 6.45) is 2.61. The molecule has 3 rings (SSSR count). The van der Waals surface area contributed by atoms with Crippen LogP contribution < -0.4 is 0 Å². The van der Waals surface area contributed by atoms with E-state index in [-0.39, 0.29) is 43.4 Å². The van der Waals surface area contributed by atoms with Gasteiger partial charge in [0.1, 0.15) is 0 Å². The zero-order valence-electron chi connectivity index (χ0n) is 14.5. The highest BCUT2D eigenvalue weighted by molar-refractivity contribution is 5.13. The number of aliphatic hydroxyl groups is 5. The maximum atomic E-state index is 9.27. The first-order chi connectivity index (χ1) is 12.1. The topological polar surface area (TPSA) is 110 Å². The maximum Gasteiger partial charge on any atom is 0.0888 e. The van der Waals surface area contributed by atoms with Crippen LogP contribution in [0.1, 0.15) is 31.2 Å². The lowest BCUT2D eigenvalue weighted by atomic mass is 10.0. The van der Waals surface area contributed by atoms with Crippen LogP contribution in [0.25, 0.3) is 0 Å². The fourth-order valence-corrected chi connectivity index (χ4v) is 2.89. The summed E-state index contributed by atoms with van der Waals surface area (Å²) in [6.45, 7) is 0.337. The molecule has 0 aromatic heterocycles. The molecule has 2 saturated carbocycles. The highest BCUT2D eigenvalue weighted by Gasteiger charge is 2.49. The number of hydrogen-bond donors (Lipinski definition) is 5. The van der Waals surface area contributed by atoms with Crippen LogP contribution in [0, 0.1) is 10.8 Å². The van der Waals surface area contributed by atoms with Crippen molar-refractivity contribution in [1.82, 2.24) is 0 Å². The fraction of sp³-hybridized carbons (Fsp3) is 0.684.